The zero-order valence-corrected chi connectivity index (χ0v) is 16.5. The van der Waals surface area contributed by atoms with Crippen LogP contribution in [0.4, 0.5) is 0 Å². The van der Waals surface area contributed by atoms with E-state index < -0.39 is 6.04 Å². The zero-order chi connectivity index (χ0) is 19.0. The molecule has 0 aromatic rings. The summed E-state index contributed by atoms with van der Waals surface area (Å²) in [7, 11) is 0. The molecule has 3 amide bonds. The fourth-order valence-corrected chi connectivity index (χ4v) is 3.42. The molecule has 1 rings (SSSR count). The fourth-order valence-electron chi connectivity index (χ4n) is 3.42. The van der Waals surface area contributed by atoms with Crippen LogP contribution in [-0.2, 0) is 14.4 Å². The van der Waals surface area contributed by atoms with Crippen LogP contribution in [0.2, 0.25) is 0 Å². The van der Waals surface area contributed by atoms with Gasteiger partial charge in [-0.1, -0.05) is 20.8 Å². The number of hydrogen-bond acceptors (Lipinski definition) is 3. The highest BCUT2D eigenvalue weighted by molar-refractivity contribution is 5.88. The summed E-state index contributed by atoms with van der Waals surface area (Å²) in [5, 5.41) is 2.99. The van der Waals surface area contributed by atoms with Crippen LogP contribution in [0, 0.1) is 11.8 Å². The van der Waals surface area contributed by atoms with E-state index in [1.54, 1.807) is 4.90 Å². The molecular weight excluding hydrogens is 318 g/mol. The summed E-state index contributed by atoms with van der Waals surface area (Å²) < 4.78 is 0. The molecule has 0 aliphatic carbocycles. The summed E-state index contributed by atoms with van der Waals surface area (Å²) in [6.07, 6.45) is 2.45. The molecule has 0 aromatic carbocycles. The highest BCUT2D eigenvalue weighted by Crippen LogP contribution is 2.23. The van der Waals surface area contributed by atoms with Crippen LogP contribution < -0.4 is 5.32 Å². The molecule has 144 valence electrons. The van der Waals surface area contributed by atoms with Gasteiger partial charge < -0.3 is 15.1 Å². The molecule has 0 saturated carbocycles. The Morgan fingerprint density at radius 2 is 1.64 bits per heavy atom. The molecule has 0 bridgehead atoms. The monoisotopic (exact) mass is 353 g/mol. The average molecular weight is 354 g/mol. The van der Waals surface area contributed by atoms with Crippen molar-refractivity contribution in [3.8, 4) is 0 Å². The van der Waals surface area contributed by atoms with Gasteiger partial charge in [-0.3, -0.25) is 14.4 Å². The van der Waals surface area contributed by atoms with E-state index in [0.717, 1.165) is 12.8 Å². The van der Waals surface area contributed by atoms with Gasteiger partial charge in [0.1, 0.15) is 6.04 Å². The maximum absolute atomic E-state index is 12.9. The van der Waals surface area contributed by atoms with Gasteiger partial charge in [0.25, 0.3) is 0 Å². The van der Waals surface area contributed by atoms with E-state index in [4.69, 9.17) is 0 Å². The lowest BCUT2D eigenvalue weighted by Crippen LogP contribution is -2.54. The predicted molar refractivity (Wildman–Crippen MR) is 98.9 cm³/mol. The summed E-state index contributed by atoms with van der Waals surface area (Å²) in [5.41, 5.74) is 0. The number of hydrogen-bond donors (Lipinski definition) is 1. The molecule has 1 N–H and O–H groups in total. The van der Waals surface area contributed by atoms with E-state index in [9.17, 15) is 14.4 Å². The van der Waals surface area contributed by atoms with Crippen molar-refractivity contribution < 1.29 is 14.4 Å². The molecule has 0 aromatic heterocycles. The van der Waals surface area contributed by atoms with Gasteiger partial charge in [0.2, 0.25) is 17.7 Å². The molecule has 0 radical (unpaired) electrons. The molecule has 6 heteroatoms. The summed E-state index contributed by atoms with van der Waals surface area (Å²) in [5.74, 6) is 0.446. The first-order valence-electron chi connectivity index (χ1n) is 9.69. The van der Waals surface area contributed by atoms with E-state index >= 15 is 0 Å². The maximum atomic E-state index is 12.9. The Hall–Kier alpha value is -1.59. The van der Waals surface area contributed by atoms with E-state index in [2.05, 4.69) is 5.32 Å². The SMILES string of the molecule is CCC(=O)N1CCC(C(NC(=O)CC(C)C)C(=O)N(CC)CC)CC1. The maximum Gasteiger partial charge on any atom is 0.245 e. The number of amides is 3. The first-order valence-corrected chi connectivity index (χ1v) is 9.69. The van der Waals surface area contributed by atoms with Gasteiger partial charge in [0.05, 0.1) is 0 Å². The first kappa shape index (κ1) is 21.5. The topological polar surface area (TPSA) is 69.7 Å². The standard InChI is InChI=1S/C19H35N3O3/c1-6-17(24)22-11-9-15(10-12-22)18(19(25)21(7-2)8-3)20-16(23)13-14(4)5/h14-15,18H,6-13H2,1-5H3,(H,20,23). The molecule has 1 aliphatic rings. The van der Waals surface area contributed by atoms with E-state index in [0.29, 0.717) is 39.0 Å². The van der Waals surface area contributed by atoms with Gasteiger partial charge >= 0.3 is 0 Å². The van der Waals surface area contributed by atoms with Crippen LogP contribution in [-0.4, -0.2) is 59.7 Å². The summed E-state index contributed by atoms with van der Waals surface area (Å²) >= 11 is 0. The van der Waals surface area contributed by atoms with Crippen LogP contribution in [0.15, 0.2) is 0 Å². The molecule has 1 saturated heterocycles. The molecule has 1 unspecified atom stereocenters. The molecule has 6 nitrogen and oxygen atoms in total. The van der Waals surface area contributed by atoms with Crippen molar-refractivity contribution in [2.75, 3.05) is 26.2 Å². The highest BCUT2D eigenvalue weighted by Gasteiger charge is 2.35. The second-order valence-electron chi connectivity index (χ2n) is 7.23. The van der Waals surface area contributed by atoms with Gasteiger partial charge in [0, 0.05) is 39.0 Å². The predicted octanol–water partition coefficient (Wildman–Crippen LogP) is 2.03. The third-order valence-corrected chi connectivity index (χ3v) is 4.92. The van der Waals surface area contributed by atoms with Gasteiger partial charge in [-0.15, -0.1) is 0 Å². The van der Waals surface area contributed by atoms with Crippen LogP contribution in [0.5, 0.6) is 0 Å². The number of likely N-dealkylation sites (N-methyl/N-ethyl adjacent to an activating group) is 1. The van der Waals surface area contributed by atoms with Crippen LogP contribution >= 0.6 is 0 Å². The van der Waals surface area contributed by atoms with Crippen molar-refractivity contribution in [1.82, 2.24) is 15.1 Å². The van der Waals surface area contributed by atoms with Gasteiger partial charge in [-0.2, -0.15) is 0 Å². The quantitative estimate of drug-likeness (QED) is 0.726. The van der Waals surface area contributed by atoms with Crippen molar-refractivity contribution in [2.45, 2.75) is 66.3 Å². The smallest absolute Gasteiger partial charge is 0.245 e. The van der Waals surface area contributed by atoms with Crippen molar-refractivity contribution in [3.63, 3.8) is 0 Å². The molecule has 25 heavy (non-hydrogen) atoms. The number of nitrogens with zero attached hydrogens (tertiary/aromatic N) is 2. The summed E-state index contributed by atoms with van der Waals surface area (Å²) in [4.78, 5) is 40.7. The Labute approximate surface area is 152 Å². The third kappa shape index (κ3) is 6.33. The van der Waals surface area contributed by atoms with Crippen LogP contribution in [0.3, 0.4) is 0 Å². The van der Waals surface area contributed by atoms with Gasteiger partial charge in [-0.25, -0.2) is 0 Å². The van der Waals surface area contributed by atoms with Crippen LogP contribution in [0.25, 0.3) is 0 Å². The highest BCUT2D eigenvalue weighted by atomic mass is 16.2. The van der Waals surface area contributed by atoms with E-state index in [-0.39, 0.29) is 29.6 Å². The molecule has 1 atom stereocenters. The largest absolute Gasteiger partial charge is 0.344 e. The Bertz CT molecular complexity index is 453. The summed E-state index contributed by atoms with van der Waals surface area (Å²) in [6.45, 7) is 12.4. The second kappa shape index (κ2) is 10.4. The molecular formula is C19H35N3O3. The number of carbonyl (C=O) groups excluding carboxylic acids is 3. The van der Waals surface area contributed by atoms with Crippen molar-refractivity contribution in [1.29, 1.82) is 0 Å². The second-order valence-corrected chi connectivity index (χ2v) is 7.23. The lowest BCUT2D eigenvalue weighted by Gasteiger charge is -2.37. The summed E-state index contributed by atoms with van der Waals surface area (Å²) in [6, 6.07) is -0.481. The van der Waals surface area contributed by atoms with E-state index in [1.165, 1.54) is 0 Å². The van der Waals surface area contributed by atoms with Crippen molar-refractivity contribution >= 4 is 17.7 Å². The Balaban J connectivity index is 2.82. The molecule has 1 fully saturated rings. The molecule has 1 aliphatic heterocycles. The number of rotatable bonds is 8. The lowest BCUT2D eigenvalue weighted by molar-refractivity contribution is -0.139. The number of carbonyl (C=O) groups is 3. The normalized spacial score (nSPS) is 16.6. The molecule has 1 heterocycles. The number of likely N-dealkylation sites (tertiary alicyclic amines) is 1. The lowest BCUT2D eigenvalue weighted by atomic mass is 9.88. The Morgan fingerprint density at radius 3 is 2.08 bits per heavy atom. The minimum atomic E-state index is -0.481. The van der Waals surface area contributed by atoms with Crippen molar-refractivity contribution in [2.24, 2.45) is 11.8 Å². The third-order valence-electron chi connectivity index (χ3n) is 4.92. The first-order chi connectivity index (χ1) is 11.8. The number of nitrogens with one attached hydrogen (secondary N) is 1. The van der Waals surface area contributed by atoms with Gasteiger partial charge in [-0.05, 0) is 38.5 Å². The van der Waals surface area contributed by atoms with Crippen molar-refractivity contribution in [3.05, 3.63) is 0 Å². The Morgan fingerprint density at radius 1 is 1.08 bits per heavy atom. The van der Waals surface area contributed by atoms with Gasteiger partial charge in [0.15, 0.2) is 0 Å². The minimum Gasteiger partial charge on any atom is -0.344 e. The Kier molecular flexibility index (Phi) is 8.93. The minimum absolute atomic E-state index is 0.00220. The fraction of sp³-hybridized carbons (Fsp3) is 0.842. The zero-order valence-electron chi connectivity index (χ0n) is 16.5. The average Bonchev–Trinajstić information content (AvgIpc) is 2.59. The van der Waals surface area contributed by atoms with E-state index in [1.807, 2.05) is 39.5 Å². The molecule has 0 spiro atoms. The van der Waals surface area contributed by atoms with Crippen LogP contribution in [0.1, 0.15) is 60.3 Å². The number of piperidine rings is 1.